The minimum Gasteiger partial charge on any atom is -0.443 e. The number of nitrogen functional groups attached to an aromatic ring is 1. The van der Waals surface area contributed by atoms with Crippen LogP contribution in [0.3, 0.4) is 0 Å². The highest BCUT2D eigenvalue weighted by atomic mass is 35.5. The lowest BCUT2D eigenvalue weighted by Crippen LogP contribution is -2.37. The predicted molar refractivity (Wildman–Crippen MR) is 551 cm³/mol. The van der Waals surface area contributed by atoms with E-state index in [1.807, 2.05) is 155 Å². The Morgan fingerprint density at radius 3 is 1.32 bits per heavy atom. The fraction of sp³-hybridized carbons (Fsp3) is 0.343. The highest BCUT2D eigenvalue weighted by Crippen LogP contribution is 2.43. The topological polar surface area (TPSA) is 349 Å². The Labute approximate surface area is 848 Å². The molecule has 9 aromatic heterocycles. The van der Waals surface area contributed by atoms with Gasteiger partial charge in [-0.15, -0.1) is 0 Å². The molecule has 0 bridgehead atoms. The number of nitrogens with zero attached hydrogens (tertiary/aromatic N) is 17. The summed E-state index contributed by atoms with van der Waals surface area (Å²) in [5.41, 5.74) is 22.9. The second-order valence-electron chi connectivity index (χ2n) is 39.1. The van der Waals surface area contributed by atoms with Gasteiger partial charge in [-0.25, -0.2) is 62.5 Å². The number of hydrogen-bond acceptors (Lipinski definition) is 28. The number of aliphatic hydroxyl groups is 1. The van der Waals surface area contributed by atoms with E-state index in [2.05, 4.69) is 72.5 Å². The van der Waals surface area contributed by atoms with E-state index in [1.165, 1.54) is 42.0 Å². The molecule has 5 aromatic carbocycles. The summed E-state index contributed by atoms with van der Waals surface area (Å²) in [6.45, 7) is 21.1. The summed E-state index contributed by atoms with van der Waals surface area (Å²) in [6.07, 6.45) is 7.59. The number of carbonyl (C=O) groups excluding carboxylic acids is 5. The smallest absolute Gasteiger partial charge is 0.417 e. The first kappa shape index (κ1) is 103. The summed E-state index contributed by atoms with van der Waals surface area (Å²) < 4.78 is 87.1. The van der Waals surface area contributed by atoms with Gasteiger partial charge in [0.15, 0.2) is 0 Å². The van der Waals surface area contributed by atoms with Gasteiger partial charge < -0.3 is 89.3 Å². The molecule has 20 rings (SSSR count). The van der Waals surface area contributed by atoms with Crippen molar-refractivity contribution < 1.29 is 75.4 Å². The number of nitrogens with one attached hydrogen (secondary N) is 3. The molecule has 6 N–H and O–H groups in total. The average Bonchev–Trinajstić information content (AvgIpc) is 1.59. The van der Waals surface area contributed by atoms with E-state index >= 15 is 0 Å². The second-order valence-corrected chi connectivity index (χ2v) is 39.5. The Kier molecular flexibility index (Phi) is 31.7. The van der Waals surface area contributed by atoms with Crippen molar-refractivity contribution in [2.75, 3.05) is 152 Å². The number of amides is 5. The van der Waals surface area contributed by atoms with E-state index in [9.17, 15) is 42.3 Å². The fourth-order valence-corrected chi connectivity index (χ4v) is 18.5. The third-order valence-electron chi connectivity index (χ3n) is 24.8. The molecular formula is C108H119ClF3N21O13. The highest BCUT2D eigenvalue weighted by molar-refractivity contribution is 6.29. The van der Waals surface area contributed by atoms with Gasteiger partial charge in [0.2, 0.25) is 0 Å². The lowest BCUT2D eigenvalue weighted by molar-refractivity contribution is -0.00797. The van der Waals surface area contributed by atoms with Crippen molar-refractivity contribution in [1.82, 2.24) is 72.9 Å². The largest absolute Gasteiger partial charge is 0.443 e. The first-order chi connectivity index (χ1) is 70.1. The maximum absolute atomic E-state index is 14.1. The van der Waals surface area contributed by atoms with Gasteiger partial charge in [-0.3, -0.25) is 27.6 Å². The number of halogens is 4. The zero-order valence-electron chi connectivity index (χ0n) is 83.5. The van der Waals surface area contributed by atoms with E-state index in [-0.39, 0.29) is 48.3 Å². The summed E-state index contributed by atoms with van der Waals surface area (Å²) in [7, 11) is 12.0. The third-order valence-corrected chi connectivity index (χ3v) is 25.0. The zero-order chi connectivity index (χ0) is 103. The van der Waals surface area contributed by atoms with Crippen molar-refractivity contribution in [1.29, 1.82) is 0 Å². The molecular weight excluding hydrogens is 1890 g/mol. The van der Waals surface area contributed by atoms with E-state index in [0.29, 0.717) is 189 Å². The first-order valence-corrected chi connectivity index (χ1v) is 48.6. The molecule has 762 valence electrons. The van der Waals surface area contributed by atoms with Crippen LogP contribution >= 0.6 is 11.6 Å². The monoisotopic (exact) mass is 2010 g/mol. The lowest BCUT2D eigenvalue weighted by atomic mass is 9.99. The summed E-state index contributed by atoms with van der Waals surface area (Å²) >= 11 is 6.12. The number of aliphatic hydroxyl groups excluding tert-OH is 1. The molecule has 34 nitrogen and oxygen atoms in total. The number of β-amino-alcohol motifs (C(OH)–C–C–N with tert-alkyl or cyclic N) is 1. The lowest BCUT2D eigenvalue weighted by Gasteiger charge is -2.28. The number of rotatable bonds is 22. The van der Waals surface area contributed by atoms with E-state index < -0.39 is 52.9 Å². The van der Waals surface area contributed by atoms with Gasteiger partial charge in [-0.05, 0) is 184 Å². The molecule has 3 unspecified atom stereocenters. The summed E-state index contributed by atoms with van der Waals surface area (Å²) in [4.78, 5) is 108. The number of benzene rings is 5. The molecule has 5 amide bonds. The molecule has 3 saturated heterocycles. The van der Waals surface area contributed by atoms with E-state index in [0.717, 1.165) is 86.0 Å². The zero-order valence-corrected chi connectivity index (χ0v) is 84.3. The van der Waals surface area contributed by atoms with Crippen molar-refractivity contribution in [3.63, 3.8) is 0 Å². The number of ether oxygens (including phenoxy) is 7. The number of fused-ring (bicyclic) bond motifs is 6. The Morgan fingerprint density at radius 2 is 0.877 bits per heavy atom. The summed E-state index contributed by atoms with van der Waals surface area (Å²) in [5.74, 6) is -1.15. The van der Waals surface area contributed by atoms with Crippen LogP contribution in [-0.4, -0.2) is 253 Å². The Hall–Kier alpha value is -14.5. The molecule has 0 aliphatic carbocycles. The summed E-state index contributed by atoms with van der Waals surface area (Å²) in [6, 6.07) is 51.0. The predicted octanol–water partition coefficient (Wildman–Crippen LogP) is 16.3. The Bertz CT molecular complexity index is 7120. The normalized spacial score (nSPS) is 16.5. The highest BCUT2D eigenvalue weighted by Gasteiger charge is 2.42. The van der Waals surface area contributed by atoms with Crippen LogP contribution in [0.5, 0.6) is 0 Å². The number of aromatic nitrogens is 9. The van der Waals surface area contributed by atoms with Gasteiger partial charge in [0.25, 0.3) is 17.7 Å². The standard InChI is InChI=1S/C40H44FN7O5.C28H30FN7O3.C20H26ClN3O2.C20H19FN4O3/c1-40(2,3)53-39(50)48-22-30-29(34-20-42-36-19-27(41)15-16-47(34)36)11-12-31(37(30)38(48)49)43-35-14-13-33(32(44-35)23-45(4)5)46-17-18-51-25-28(21-46)52-24-26-9-7-6-8-10-26;1-34(2)15-22-23(35-9-10-39-16-18(37)14-35)5-6-25(33-22)32-21-4-3-19(20-12-31-28(38)27(20)21)24-13-30-26-11-17(29)7-8-36(24)26;1-23(2)13-18-19(8-9-20(21)22-18)24-10-11-25-15-17(12-24)26-14-16-6-4-3-5-7-16;1-20(2,3)28-19(27)25-10-13-12(4-5-14(22)17(13)18(25)26)15-9-23-16-8-11(21)6-7-24(15)16/h6-16,19-20,28H,17-18,21-25H2,1-5H3,(H,43,44);3-8,11,13,18,37H,9-10,12,14-16H2,1-2H3,(H,31,38)(H,32,33);3-9,17H,10-15H2,1-2H3;4-9H,10,22H2,1-3H3. The van der Waals surface area contributed by atoms with Gasteiger partial charge in [0.05, 0.1) is 182 Å². The Morgan fingerprint density at radius 1 is 0.486 bits per heavy atom. The molecule has 15 heterocycles. The maximum Gasteiger partial charge on any atom is 0.417 e. The number of imide groups is 2. The van der Waals surface area contributed by atoms with Crippen LogP contribution in [0.4, 0.5) is 68.5 Å². The number of anilines is 8. The Balaban J connectivity index is 0.000000139. The molecule has 0 spiro atoms. The van der Waals surface area contributed by atoms with Crippen molar-refractivity contribution in [3.05, 3.63) is 291 Å². The van der Waals surface area contributed by atoms with Crippen molar-refractivity contribution in [2.24, 2.45) is 0 Å². The van der Waals surface area contributed by atoms with Crippen LogP contribution in [0.2, 0.25) is 5.15 Å². The quantitative estimate of drug-likeness (QED) is 0.0311. The average molecular weight is 2010 g/mol. The van der Waals surface area contributed by atoms with Crippen LogP contribution < -0.4 is 36.4 Å². The number of pyridine rings is 6. The van der Waals surface area contributed by atoms with Crippen LogP contribution in [0.1, 0.15) is 118 Å². The van der Waals surface area contributed by atoms with Crippen molar-refractivity contribution >= 4 is 104 Å². The van der Waals surface area contributed by atoms with Crippen LogP contribution in [0, 0.1) is 17.5 Å². The van der Waals surface area contributed by atoms with Crippen LogP contribution in [-0.2, 0) is 85.6 Å². The number of nitrogens with two attached hydrogens (primary N) is 1. The molecule has 6 aliphatic rings. The van der Waals surface area contributed by atoms with Crippen molar-refractivity contribution in [3.8, 4) is 33.8 Å². The number of hydrogen-bond donors (Lipinski definition) is 5. The summed E-state index contributed by atoms with van der Waals surface area (Å²) in [5, 5.41) is 20.5. The maximum atomic E-state index is 14.1. The first-order valence-electron chi connectivity index (χ1n) is 48.2. The van der Waals surface area contributed by atoms with E-state index in [4.69, 9.17) is 60.5 Å². The molecule has 3 atom stereocenters. The van der Waals surface area contributed by atoms with Gasteiger partial charge >= 0.3 is 12.2 Å². The number of imidazole rings is 3. The minimum absolute atomic E-state index is 0.00878. The minimum atomic E-state index is -0.802. The molecule has 146 heavy (non-hydrogen) atoms. The number of carbonyl (C=O) groups is 5. The third kappa shape index (κ3) is 24.5. The molecule has 3 fully saturated rings. The second kappa shape index (κ2) is 45.0. The van der Waals surface area contributed by atoms with Gasteiger partial charge in [-0.1, -0.05) is 90.5 Å². The molecule has 6 aliphatic heterocycles. The van der Waals surface area contributed by atoms with E-state index in [1.54, 1.807) is 106 Å². The molecule has 14 aromatic rings. The van der Waals surface area contributed by atoms with Gasteiger partial charge in [0.1, 0.15) is 62.4 Å². The fourth-order valence-electron chi connectivity index (χ4n) is 18.3. The molecule has 38 heteroatoms. The van der Waals surface area contributed by atoms with Gasteiger partial charge in [-0.2, -0.15) is 0 Å². The molecule has 0 saturated carbocycles. The van der Waals surface area contributed by atoms with Gasteiger partial charge in [0, 0.05) is 125 Å². The van der Waals surface area contributed by atoms with Crippen molar-refractivity contribution in [2.45, 2.75) is 124 Å². The van der Waals surface area contributed by atoms with Crippen LogP contribution in [0.15, 0.2) is 207 Å². The molecule has 0 radical (unpaired) electrons. The SMILES string of the molecule is CC(C)(C)OC(=O)N1Cc2c(-c3cnc4cc(F)ccn34)ccc(N)c2C1=O.CN(C)Cc1nc(Cl)ccc1N1CCOCC(OCc2ccccc2)C1.CN(C)Cc1nc(Nc2ccc(-c3cnc4cc(F)ccn34)c3c2C(=O)N(C(=O)OC(C)(C)C)C3)ccc1N1CCOCC(OCc2ccccc2)C1.CN(C)Cc1nc(Nc2ccc(-c3cnc4cc(F)ccn34)c3c2C(=O)NC3)ccc1N1CCOCC(O)C1. The van der Waals surface area contributed by atoms with Crippen LogP contribution in [0.25, 0.3) is 50.7 Å².